The first-order valence-corrected chi connectivity index (χ1v) is 8.36. The van der Waals surface area contributed by atoms with Crippen LogP contribution >= 0.6 is 0 Å². The van der Waals surface area contributed by atoms with Crippen LogP contribution in [0.2, 0.25) is 0 Å². The minimum absolute atomic E-state index is 0.0338. The van der Waals surface area contributed by atoms with Crippen molar-refractivity contribution >= 4 is 0 Å². The topological polar surface area (TPSA) is 77.4 Å². The molecule has 1 aliphatic rings. The Morgan fingerprint density at radius 2 is 1.38 bits per heavy atom. The zero-order valence-corrected chi connectivity index (χ0v) is 14.6. The fraction of sp³-hybridized carbons (Fsp3) is 0.667. The van der Waals surface area contributed by atoms with E-state index >= 15 is 0 Å². The highest BCUT2D eigenvalue weighted by Gasteiger charge is 2.20. The number of rotatable bonds is 8. The Labute approximate surface area is 144 Å². The van der Waals surface area contributed by atoms with Crippen LogP contribution in [0.5, 0.6) is 11.5 Å². The van der Waals surface area contributed by atoms with Crippen LogP contribution in [0.15, 0.2) is 24.3 Å². The third kappa shape index (κ3) is 8.49. The van der Waals surface area contributed by atoms with E-state index in [4.69, 9.17) is 29.2 Å². The largest absolute Gasteiger partial charge is 0.497 e. The lowest BCUT2D eigenvalue weighted by atomic mass is 9.95. The van der Waals surface area contributed by atoms with E-state index < -0.39 is 0 Å². The molecule has 1 fully saturated rings. The fourth-order valence-electron chi connectivity index (χ4n) is 2.49. The number of hydrogen-bond donors (Lipinski definition) is 2. The zero-order chi connectivity index (χ0) is 17.6. The second kappa shape index (κ2) is 13.0. The Kier molecular flexibility index (Phi) is 11.2. The lowest BCUT2D eigenvalue weighted by molar-refractivity contribution is -0.0261. The van der Waals surface area contributed by atoms with Crippen molar-refractivity contribution < 1.29 is 29.2 Å². The molecular weight excluding hydrogens is 312 g/mol. The van der Waals surface area contributed by atoms with Crippen LogP contribution in [0.1, 0.15) is 25.7 Å². The van der Waals surface area contributed by atoms with Gasteiger partial charge in [0.05, 0.1) is 39.1 Å². The molecule has 0 radical (unpaired) electrons. The number of aliphatic hydroxyl groups excluding tert-OH is 2. The zero-order valence-electron chi connectivity index (χ0n) is 14.6. The SMILES string of the molecule is COC1CCC(OCCO)CC1.COc1ccc(OCCO)cc1. The maximum atomic E-state index is 8.55. The molecule has 24 heavy (non-hydrogen) atoms. The highest BCUT2D eigenvalue weighted by Crippen LogP contribution is 2.22. The van der Waals surface area contributed by atoms with Gasteiger partial charge in [0.25, 0.3) is 0 Å². The summed E-state index contributed by atoms with van der Waals surface area (Å²) in [6.07, 6.45) is 5.10. The van der Waals surface area contributed by atoms with Crippen LogP contribution in [0.3, 0.4) is 0 Å². The number of benzene rings is 1. The van der Waals surface area contributed by atoms with E-state index in [-0.39, 0.29) is 13.2 Å². The van der Waals surface area contributed by atoms with Gasteiger partial charge < -0.3 is 29.2 Å². The van der Waals surface area contributed by atoms with Crippen molar-refractivity contribution in [1.29, 1.82) is 0 Å². The lowest BCUT2D eigenvalue weighted by Crippen LogP contribution is -2.26. The number of ether oxygens (including phenoxy) is 4. The Balaban J connectivity index is 0.000000240. The summed E-state index contributed by atoms with van der Waals surface area (Å²) >= 11 is 0. The molecule has 0 aliphatic heterocycles. The predicted octanol–water partition coefficient (Wildman–Crippen LogP) is 2.02. The van der Waals surface area contributed by atoms with Crippen LogP contribution in [0.25, 0.3) is 0 Å². The van der Waals surface area contributed by atoms with Crippen molar-refractivity contribution in [2.45, 2.75) is 37.9 Å². The molecule has 0 atom stereocenters. The van der Waals surface area contributed by atoms with E-state index in [2.05, 4.69) is 0 Å². The molecule has 0 aromatic heterocycles. The highest BCUT2D eigenvalue weighted by molar-refractivity contribution is 5.31. The molecule has 1 aromatic rings. The average molecular weight is 342 g/mol. The summed E-state index contributed by atoms with van der Waals surface area (Å²) < 4.78 is 20.8. The van der Waals surface area contributed by atoms with Crippen molar-refractivity contribution in [1.82, 2.24) is 0 Å². The number of methoxy groups -OCH3 is 2. The van der Waals surface area contributed by atoms with Gasteiger partial charge in [0.1, 0.15) is 18.1 Å². The van der Waals surface area contributed by atoms with Gasteiger partial charge in [-0.3, -0.25) is 0 Å². The standard InChI is InChI=1S/C9H18O3.C9H12O3/c2*1-11-8-2-4-9(5-3-8)12-7-6-10/h8-10H,2-7H2,1H3;2-5,10H,6-7H2,1H3. The fourth-order valence-corrected chi connectivity index (χ4v) is 2.49. The second-order valence-electron chi connectivity index (χ2n) is 5.48. The molecule has 0 bridgehead atoms. The summed E-state index contributed by atoms with van der Waals surface area (Å²) in [5.74, 6) is 1.54. The maximum Gasteiger partial charge on any atom is 0.119 e. The molecule has 1 aliphatic carbocycles. The molecule has 6 heteroatoms. The van der Waals surface area contributed by atoms with Gasteiger partial charge in [-0.25, -0.2) is 0 Å². The van der Waals surface area contributed by atoms with E-state index in [1.165, 1.54) is 0 Å². The van der Waals surface area contributed by atoms with Crippen molar-refractivity contribution in [3.63, 3.8) is 0 Å². The third-order valence-electron chi connectivity index (χ3n) is 3.82. The van der Waals surface area contributed by atoms with Crippen molar-refractivity contribution in [2.75, 3.05) is 40.6 Å². The summed E-state index contributed by atoms with van der Waals surface area (Å²) in [4.78, 5) is 0. The van der Waals surface area contributed by atoms with E-state index in [1.807, 2.05) is 12.1 Å². The first-order valence-electron chi connectivity index (χ1n) is 8.36. The summed E-state index contributed by atoms with van der Waals surface area (Å²) in [7, 11) is 3.38. The Morgan fingerprint density at radius 3 is 1.88 bits per heavy atom. The molecular formula is C18H30O6. The molecule has 1 aromatic carbocycles. The van der Waals surface area contributed by atoms with E-state index in [0.29, 0.717) is 25.4 Å². The average Bonchev–Trinajstić information content (AvgIpc) is 2.66. The molecule has 2 N–H and O–H groups in total. The van der Waals surface area contributed by atoms with Gasteiger partial charge in [0.15, 0.2) is 0 Å². The Bertz CT molecular complexity index is 400. The third-order valence-corrected chi connectivity index (χ3v) is 3.82. The first kappa shape index (κ1) is 20.7. The smallest absolute Gasteiger partial charge is 0.119 e. The van der Waals surface area contributed by atoms with Crippen LogP contribution in [0, 0.1) is 0 Å². The molecule has 0 unspecified atom stereocenters. The minimum Gasteiger partial charge on any atom is -0.497 e. The van der Waals surface area contributed by atoms with E-state index in [9.17, 15) is 0 Å². The Morgan fingerprint density at radius 1 is 0.833 bits per heavy atom. The van der Waals surface area contributed by atoms with Gasteiger partial charge in [-0.05, 0) is 49.9 Å². The molecule has 0 amide bonds. The normalized spacial score (nSPS) is 20.0. The lowest BCUT2D eigenvalue weighted by Gasteiger charge is -2.27. The minimum atomic E-state index is 0.0338. The Hall–Kier alpha value is -1.34. The van der Waals surface area contributed by atoms with E-state index in [0.717, 1.165) is 37.2 Å². The van der Waals surface area contributed by atoms with Gasteiger partial charge in [-0.2, -0.15) is 0 Å². The monoisotopic (exact) mass is 342 g/mol. The molecule has 0 saturated heterocycles. The van der Waals surface area contributed by atoms with Crippen molar-refractivity contribution in [2.24, 2.45) is 0 Å². The summed E-state index contributed by atoms with van der Waals surface area (Å²) in [5.41, 5.74) is 0. The van der Waals surface area contributed by atoms with Gasteiger partial charge >= 0.3 is 0 Å². The van der Waals surface area contributed by atoms with Crippen LogP contribution < -0.4 is 9.47 Å². The van der Waals surface area contributed by atoms with Gasteiger partial charge in [0.2, 0.25) is 0 Å². The molecule has 138 valence electrons. The quantitative estimate of drug-likeness (QED) is 0.753. The first-order chi connectivity index (χ1) is 11.7. The van der Waals surface area contributed by atoms with Gasteiger partial charge in [-0.1, -0.05) is 0 Å². The number of aliphatic hydroxyl groups is 2. The summed E-state index contributed by atoms with van der Waals surface area (Å²) in [6.45, 7) is 0.963. The van der Waals surface area contributed by atoms with E-state index in [1.54, 1.807) is 26.4 Å². The molecule has 0 heterocycles. The second-order valence-corrected chi connectivity index (χ2v) is 5.48. The van der Waals surface area contributed by atoms with Crippen molar-refractivity contribution in [3.8, 4) is 11.5 Å². The molecule has 2 rings (SSSR count). The maximum absolute atomic E-state index is 8.55. The number of hydrogen-bond acceptors (Lipinski definition) is 6. The molecule has 6 nitrogen and oxygen atoms in total. The van der Waals surface area contributed by atoms with Crippen molar-refractivity contribution in [3.05, 3.63) is 24.3 Å². The van der Waals surface area contributed by atoms with Gasteiger partial charge in [-0.15, -0.1) is 0 Å². The van der Waals surface area contributed by atoms with Crippen LogP contribution in [-0.4, -0.2) is 63.1 Å². The highest BCUT2D eigenvalue weighted by atomic mass is 16.5. The van der Waals surface area contributed by atoms with Gasteiger partial charge in [0, 0.05) is 7.11 Å². The summed E-state index contributed by atoms with van der Waals surface area (Å²) in [6, 6.07) is 7.22. The van der Waals surface area contributed by atoms with Crippen LogP contribution in [-0.2, 0) is 9.47 Å². The predicted molar refractivity (Wildman–Crippen MR) is 91.7 cm³/mol. The molecule has 1 saturated carbocycles. The van der Waals surface area contributed by atoms with Crippen LogP contribution in [0.4, 0.5) is 0 Å². The summed E-state index contributed by atoms with van der Waals surface area (Å²) in [5, 5.41) is 17.0. The molecule has 0 spiro atoms.